The first-order chi connectivity index (χ1) is 15.0. The molecule has 0 radical (unpaired) electrons. The van der Waals surface area contributed by atoms with Gasteiger partial charge in [0.15, 0.2) is 0 Å². The summed E-state index contributed by atoms with van der Waals surface area (Å²) in [5, 5.41) is 15.1. The predicted molar refractivity (Wildman–Crippen MR) is 128 cm³/mol. The van der Waals surface area contributed by atoms with Gasteiger partial charge in [-0.15, -0.1) is 11.8 Å². The van der Waals surface area contributed by atoms with Gasteiger partial charge >= 0.3 is 0 Å². The fourth-order valence-corrected chi connectivity index (χ4v) is 4.73. The number of hydrogen-bond acceptors (Lipinski definition) is 6. The molecule has 174 valence electrons. The van der Waals surface area contributed by atoms with Crippen LogP contribution in [0.15, 0.2) is 24.3 Å². The number of rotatable bonds is 8. The molecule has 0 aromatic heterocycles. The molecule has 1 saturated heterocycles. The lowest BCUT2D eigenvalue weighted by molar-refractivity contribution is -0.132. The standard InChI is InChI=1S/C23H33N5O3S/c1-7-28-20(30)18(32-21(28)15(13-24)11-19(29)27(5)6)14-25-16-9-8-10-17(12-16)26-22(31)23(2,3)4/h8-10,12,15,18,21,25H,7,11,14H2,1-6H3,(H,26,31). The van der Waals surface area contributed by atoms with E-state index in [2.05, 4.69) is 16.7 Å². The summed E-state index contributed by atoms with van der Waals surface area (Å²) in [6.45, 7) is 8.30. The summed E-state index contributed by atoms with van der Waals surface area (Å²) in [6.07, 6.45) is 0.0839. The van der Waals surface area contributed by atoms with Crippen molar-refractivity contribution >= 4 is 40.9 Å². The first-order valence-corrected chi connectivity index (χ1v) is 11.6. The lowest BCUT2D eigenvalue weighted by atomic mass is 9.95. The van der Waals surface area contributed by atoms with E-state index < -0.39 is 11.3 Å². The Labute approximate surface area is 194 Å². The number of thioether (sulfide) groups is 1. The molecule has 3 atom stereocenters. The molecule has 1 aliphatic heterocycles. The fourth-order valence-electron chi connectivity index (χ4n) is 3.21. The molecule has 1 aromatic carbocycles. The maximum Gasteiger partial charge on any atom is 0.238 e. The molecule has 0 bridgehead atoms. The summed E-state index contributed by atoms with van der Waals surface area (Å²) < 4.78 is 0. The summed E-state index contributed by atoms with van der Waals surface area (Å²) in [7, 11) is 3.32. The minimum Gasteiger partial charge on any atom is -0.383 e. The maximum atomic E-state index is 12.9. The summed E-state index contributed by atoms with van der Waals surface area (Å²) in [5.74, 6) is -0.812. The van der Waals surface area contributed by atoms with Gasteiger partial charge in [0.25, 0.3) is 0 Å². The monoisotopic (exact) mass is 459 g/mol. The highest BCUT2D eigenvalue weighted by Gasteiger charge is 2.43. The van der Waals surface area contributed by atoms with Gasteiger partial charge in [0.2, 0.25) is 17.7 Å². The average Bonchev–Trinajstić information content (AvgIpc) is 3.04. The highest BCUT2D eigenvalue weighted by Crippen LogP contribution is 2.37. The quantitative estimate of drug-likeness (QED) is 0.619. The fraction of sp³-hybridized carbons (Fsp3) is 0.565. The topological polar surface area (TPSA) is 106 Å². The van der Waals surface area contributed by atoms with Crippen LogP contribution in [-0.2, 0) is 14.4 Å². The number of amides is 3. The zero-order chi connectivity index (χ0) is 24.1. The van der Waals surface area contributed by atoms with Gasteiger partial charge in [-0.1, -0.05) is 26.8 Å². The second-order valence-corrected chi connectivity index (χ2v) is 10.4. The van der Waals surface area contributed by atoms with E-state index in [-0.39, 0.29) is 34.8 Å². The Kier molecular flexibility index (Phi) is 8.56. The van der Waals surface area contributed by atoms with Gasteiger partial charge in [-0.2, -0.15) is 5.26 Å². The van der Waals surface area contributed by atoms with Crippen LogP contribution in [0, 0.1) is 22.7 Å². The second kappa shape index (κ2) is 10.7. The third kappa shape index (κ3) is 6.39. The maximum absolute atomic E-state index is 12.9. The molecule has 8 nitrogen and oxygen atoms in total. The number of benzene rings is 1. The number of nitrogens with zero attached hydrogens (tertiary/aromatic N) is 3. The number of carbonyl (C=O) groups is 3. The number of nitrogens with one attached hydrogen (secondary N) is 2. The molecule has 0 aliphatic carbocycles. The van der Waals surface area contributed by atoms with E-state index in [1.54, 1.807) is 19.0 Å². The minimum absolute atomic E-state index is 0.0373. The molecule has 3 amide bonds. The van der Waals surface area contributed by atoms with Crippen molar-refractivity contribution in [3.8, 4) is 6.07 Å². The third-order valence-corrected chi connectivity index (χ3v) is 6.77. The van der Waals surface area contributed by atoms with Gasteiger partial charge in [0.1, 0.15) is 5.25 Å². The van der Waals surface area contributed by atoms with Gasteiger partial charge in [-0.05, 0) is 25.1 Å². The molecule has 0 spiro atoms. The van der Waals surface area contributed by atoms with Crippen LogP contribution in [0.25, 0.3) is 0 Å². The van der Waals surface area contributed by atoms with Crippen molar-refractivity contribution < 1.29 is 14.4 Å². The van der Waals surface area contributed by atoms with Gasteiger partial charge in [0.05, 0.1) is 17.4 Å². The van der Waals surface area contributed by atoms with E-state index in [0.29, 0.717) is 18.8 Å². The molecular formula is C23H33N5O3S. The van der Waals surface area contributed by atoms with Crippen molar-refractivity contribution in [1.82, 2.24) is 9.80 Å². The van der Waals surface area contributed by atoms with Crippen molar-refractivity contribution in [1.29, 1.82) is 5.26 Å². The van der Waals surface area contributed by atoms with E-state index >= 15 is 0 Å². The van der Waals surface area contributed by atoms with E-state index in [9.17, 15) is 19.6 Å². The lowest BCUT2D eigenvalue weighted by Crippen LogP contribution is -2.40. The van der Waals surface area contributed by atoms with Crippen molar-refractivity contribution in [3.05, 3.63) is 24.3 Å². The molecule has 3 unspecified atom stereocenters. The van der Waals surface area contributed by atoms with Crippen molar-refractivity contribution in [3.63, 3.8) is 0 Å². The number of anilines is 2. The van der Waals surface area contributed by atoms with Crippen molar-refractivity contribution in [2.75, 3.05) is 37.8 Å². The van der Waals surface area contributed by atoms with Crippen molar-refractivity contribution in [2.45, 2.75) is 44.7 Å². The Bertz CT molecular complexity index is 890. The molecule has 32 heavy (non-hydrogen) atoms. The van der Waals surface area contributed by atoms with Crippen LogP contribution in [0.1, 0.15) is 34.1 Å². The Hall–Kier alpha value is -2.73. The summed E-state index contributed by atoms with van der Waals surface area (Å²) >= 11 is 1.43. The van der Waals surface area contributed by atoms with Crippen LogP contribution in [0.5, 0.6) is 0 Å². The third-order valence-electron chi connectivity index (χ3n) is 5.21. The van der Waals surface area contributed by atoms with E-state index in [1.165, 1.54) is 16.7 Å². The highest BCUT2D eigenvalue weighted by atomic mass is 32.2. The van der Waals surface area contributed by atoms with Crippen LogP contribution < -0.4 is 10.6 Å². The molecule has 1 aliphatic rings. The van der Waals surface area contributed by atoms with Crippen LogP contribution in [0.4, 0.5) is 11.4 Å². The Balaban J connectivity index is 2.05. The molecule has 9 heteroatoms. The van der Waals surface area contributed by atoms with Gasteiger partial charge in [0, 0.05) is 50.4 Å². The number of nitriles is 1. The van der Waals surface area contributed by atoms with E-state index in [4.69, 9.17) is 0 Å². The van der Waals surface area contributed by atoms with Crippen LogP contribution in [0.2, 0.25) is 0 Å². The normalized spacial score (nSPS) is 19.3. The highest BCUT2D eigenvalue weighted by molar-refractivity contribution is 8.01. The molecule has 0 saturated carbocycles. The first-order valence-electron chi connectivity index (χ1n) is 10.7. The predicted octanol–water partition coefficient (Wildman–Crippen LogP) is 2.99. The Morgan fingerprint density at radius 1 is 1.28 bits per heavy atom. The first kappa shape index (κ1) is 25.5. The van der Waals surface area contributed by atoms with E-state index in [0.717, 1.165) is 5.69 Å². The molecule has 1 fully saturated rings. The molecular weight excluding hydrogens is 426 g/mol. The van der Waals surface area contributed by atoms with Crippen LogP contribution in [-0.4, -0.2) is 65.3 Å². The summed E-state index contributed by atoms with van der Waals surface area (Å²) in [6, 6.07) is 9.58. The van der Waals surface area contributed by atoms with Gasteiger partial charge in [-0.25, -0.2) is 0 Å². The average molecular weight is 460 g/mol. The van der Waals surface area contributed by atoms with Crippen LogP contribution >= 0.6 is 11.8 Å². The molecule has 2 rings (SSSR count). The van der Waals surface area contributed by atoms with E-state index in [1.807, 2.05) is 52.0 Å². The largest absolute Gasteiger partial charge is 0.383 e. The SMILES string of the molecule is CCN1C(=O)C(CNc2cccc(NC(=O)C(C)(C)C)c2)SC1C(C#N)CC(=O)N(C)C. The minimum atomic E-state index is -0.570. The Morgan fingerprint density at radius 2 is 1.94 bits per heavy atom. The Morgan fingerprint density at radius 3 is 2.50 bits per heavy atom. The lowest BCUT2D eigenvalue weighted by Gasteiger charge is -2.26. The molecule has 1 aromatic rings. The second-order valence-electron chi connectivity index (χ2n) is 9.03. The van der Waals surface area contributed by atoms with Gasteiger partial charge < -0.3 is 20.4 Å². The van der Waals surface area contributed by atoms with Gasteiger partial charge in [-0.3, -0.25) is 14.4 Å². The summed E-state index contributed by atoms with van der Waals surface area (Å²) in [5.41, 5.74) is 0.969. The molecule has 1 heterocycles. The van der Waals surface area contributed by atoms with Crippen molar-refractivity contribution in [2.24, 2.45) is 11.3 Å². The van der Waals surface area contributed by atoms with Crippen LogP contribution in [0.3, 0.4) is 0 Å². The number of carbonyl (C=O) groups excluding carboxylic acids is 3. The zero-order valence-corrected chi connectivity index (χ0v) is 20.5. The zero-order valence-electron chi connectivity index (χ0n) is 19.6. The smallest absolute Gasteiger partial charge is 0.238 e. The summed E-state index contributed by atoms with van der Waals surface area (Å²) in [4.78, 5) is 40.4. The number of hydrogen-bond donors (Lipinski definition) is 2. The molecule has 2 N–H and O–H groups in total.